The molecule has 1 heterocycles. The molecule has 1 aliphatic heterocycles. The zero-order chi connectivity index (χ0) is 12.5. The fourth-order valence-corrected chi connectivity index (χ4v) is 3.53. The van der Waals surface area contributed by atoms with Crippen molar-refractivity contribution in [2.75, 3.05) is 27.2 Å². The second-order valence-corrected chi connectivity index (χ2v) is 7.46. The molecule has 1 rings (SSSR count). The Kier molecular flexibility index (Phi) is 4.37. The average Bonchev–Trinajstić information content (AvgIpc) is 2.17. The molecule has 0 amide bonds. The number of nitrogens with zero attached hydrogens (tertiary/aromatic N) is 2. The molecule has 0 aliphatic carbocycles. The first-order valence-electron chi connectivity index (χ1n) is 5.94. The van der Waals surface area contributed by atoms with Crippen LogP contribution in [-0.2, 0) is 10.2 Å². The summed E-state index contributed by atoms with van der Waals surface area (Å²) in [7, 11) is -0.0332. The lowest BCUT2D eigenvalue weighted by Crippen LogP contribution is -2.48. The van der Waals surface area contributed by atoms with Gasteiger partial charge in [0.25, 0.3) is 10.2 Å². The predicted molar refractivity (Wildman–Crippen MR) is 66.3 cm³/mol. The van der Waals surface area contributed by atoms with Crippen molar-refractivity contribution in [2.45, 2.75) is 27.2 Å². The van der Waals surface area contributed by atoms with Gasteiger partial charge in [0.15, 0.2) is 0 Å². The largest absolute Gasteiger partial charge is 0.281 e. The minimum Gasteiger partial charge on any atom is -0.195 e. The highest BCUT2D eigenvalue weighted by Crippen LogP contribution is 2.30. The van der Waals surface area contributed by atoms with E-state index in [1.165, 1.54) is 4.31 Å². The number of hydrogen-bond acceptors (Lipinski definition) is 2. The van der Waals surface area contributed by atoms with Crippen LogP contribution in [0.3, 0.4) is 0 Å². The highest BCUT2D eigenvalue weighted by Gasteiger charge is 2.34. The monoisotopic (exact) mass is 248 g/mol. The summed E-state index contributed by atoms with van der Waals surface area (Å²) in [5.41, 5.74) is 0. The summed E-state index contributed by atoms with van der Waals surface area (Å²) in [6, 6.07) is 0. The van der Waals surface area contributed by atoms with Gasteiger partial charge in [0.05, 0.1) is 0 Å². The first-order chi connectivity index (χ1) is 7.26. The molecule has 16 heavy (non-hydrogen) atoms. The second-order valence-electron chi connectivity index (χ2n) is 5.32. The molecule has 2 unspecified atom stereocenters. The molecular weight excluding hydrogens is 224 g/mol. The SMILES string of the molecule is CC(C)C1CN(S(=O)(=O)N(C)C)CCC1C. The van der Waals surface area contributed by atoms with E-state index in [4.69, 9.17) is 0 Å². The van der Waals surface area contributed by atoms with Gasteiger partial charge in [-0.05, 0) is 24.2 Å². The van der Waals surface area contributed by atoms with E-state index >= 15 is 0 Å². The van der Waals surface area contributed by atoms with E-state index in [2.05, 4.69) is 20.8 Å². The Morgan fingerprint density at radius 2 is 1.88 bits per heavy atom. The summed E-state index contributed by atoms with van der Waals surface area (Å²) in [6.07, 6.45) is 0.968. The van der Waals surface area contributed by atoms with Gasteiger partial charge in [-0.1, -0.05) is 20.8 Å². The summed E-state index contributed by atoms with van der Waals surface area (Å²) in [5, 5.41) is 0. The zero-order valence-corrected chi connectivity index (χ0v) is 11.8. The first kappa shape index (κ1) is 13.9. The van der Waals surface area contributed by atoms with Crippen LogP contribution in [0, 0.1) is 17.8 Å². The van der Waals surface area contributed by atoms with Crippen LogP contribution >= 0.6 is 0 Å². The molecule has 0 aromatic carbocycles. The van der Waals surface area contributed by atoms with Gasteiger partial charge in [-0.2, -0.15) is 17.0 Å². The van der Waals surface area contributed by atoms with Crippen LogP contribution in [-0.4, -0.2) is 44.2 Å². The smallest absolute Gasteiger partial charge is 0.195 e. The van der Waals surface area contributed by atoms with Crippen LogP contribution in [0.5, 0.6) is 0 Å². The van der Waals surface area contributed by atoms with Crippen molar-refractivity contribution in [3.05, 3.63) is 0 Å². The van der Waals surface area contributed by atoms with Gasteiger partial charge >= 0.3 is 0 Å². The maximum absolute atomic E-state index is 12.0. The Bertz CT molecular complexity index is 325. The van der Waals surface area contributed by atoms with Gasteiger partial charge in [0.2, 0.25) is 0 Å². The van der Waals surface area contributed by atoms with Crippen LogP contribution in [0.1, 0.15) is 27.2 Å². The zero-order valence-electron chi connectivity index (χ0n) is 11.0. The molecule has 0 aromatic heterocycles. The van der Waals surface area contributed by atoms with Crippen molar-refractivity contribution < 1.29 is 8.42 Å². The van der Waals surface area contributed by atoms with Gasteiger partial charge in [-0.25, -0.2) is 0 Å². The number of hydrogen-bond donors (Lipinski definition) is 0. The molecule has 0 saturated carbocycles. The normalized spacial score (nSPS) is 28.9. The van der Waals surface area contributed by atoms with Crippen molar-refractivity contribution >= 4 is 10.2 Å². The molecule has 0 bridgehead atoms. The minimum absolute atomic E-state index is 0.475. The van der Waals surface area contributed by atoms with E-state index in [-0.39, 0.29) is 0 Å². The van der Waals surface area contributed by atoms with Crippen LogP contribution in [0.15, 0.2) is 0 Å². The van der Waals surface area contributed by atoms with E-state index in [1.807, 2.05) is 0 Å². The molecule has 1 aliphatic rings. The van der Waals surface area contributed by atoms with Gasteiger partial charge in [-0.3, -0.25) is 0 Å². The average molecular weight is 248 g/mol. The van der Waals surface area contributed by atoms with E-state index in [9.17, 15) is 8.42 Å². The number of rotatable bonds is 3. The Morgan fingerprint density at radius 1 is 1.31 bits per heavy atom. The molecule has 0 spiro atoms. The standard InChI is InChI=1S/C11H24N2O2S/c1-9(2)11-8-13(7-6-10(11)3)16(14,15)12(4)5/h9-11H,6-8H2,1-5H3. The third-order valence-corrected chi connectivity index (χ3v) is 5.53. The van der Waals surface area contributed by atoms with Crippen molar-refractivity contribution in [3.8, 4) is 0 Å². The molecule has 0 aromatic rings. The van der Waals surface area contributed by atoms with Gasteiger partial charge in [0, 0.05) is 27.2 Å². The minimum atomic E-state index is -3.22. The maximum atomic E-state index is 12.0. The molecule has 1 fully saturated rings. The van der Waals surface area contributed by atoms with E-state index in [0.29, 0.717) is 30.8 Å². The van der Waals surface area contributed by atoms with E-state index in [1.54, 1.807) is 18.4 Å². The fourth-order valence-electron chi connectivity index (χ4n) is 2.38. The second kappa shape index (κ2) is 5.02. The summed E-state index contributed by atoms with van der Waals surface area (Å²) in [6.45, 7) is 7.90. The lowest BCUT2D eigenvalue weighted by molar-refractivity contribution is 0.150. The highest BCUT2D eigenvalue weighted by molar-refractivity contribution is 7.86. The van der Waals surface area contributed by atoms with Crippen molar-refractivity contribution in [2.24, 2.45) is 17.8 Å². The number of piperidine rings is 1. The third kappa shape index (κ3) is 2.76. The molecular formula is C11H24N2O2S. The maximum Gasteiger partial charge on any atom is 0.281 e. The lowest BCUT2D eigenvalue weighted by Gasteiger charge is -2.39. The summed E-state index contributed by atoms with van der Waals surface area (Å²) >= 11 is 0. The Labute approximate surface area is 99.8 Å². The quantitative estimate of drug-likeness (QED) is 0.757. The molecule has 0 radical (unpaired) electrons. The summed E-state index contributed by atoms with van der Waals surface area (Å²) in [4.78, 5) is 0. The van der Waals surface area contributed by atoms with E-state index in [0.717, 1.165) is 6.42 Å². The van der Waals surface area contributed by atoms with Crippen LogP contribution in [0.2, 0.25) is 0 Å². The molecule has 5 heteroatoms. The molecule has 2 atom stereocenters. The first-order valence-corrected chi connectivity index (χ1v) is 7.34. The Morgan fingerprint density at radius 3 is 2.31 bits per heavy atom. The molecule has 1 saturated heterocycles. The van der Waals surface area contributed by atoms with Crippen LogP contribution in [0.4, 0.5) is 0 Å². The highest BCUT2D eigenvalue weighted by atomic mass is 32.2. The Hall–Kier alpha value is -0.130. The van der Waals surface area contributed by atoms with Crippen LogP contribution < -0.4 is 0 Å². The van der Waals surface area contributed by atoms with Gasteiger partial charge in [0.1, 0.15) is 0 Å². The lowest BCUT2D eigenvalue weighted by atomic mass is 9.80. The van der Waals surface area contributed by atoms with Gasteiger partial charge < -0.3 is 0 Å². The third-order valence-electron chi connectivity index (χ3n) is 3.62. The van der Waals surface area contributed by atoms with Crippen LogP contribution in [0.25, 0.3) is 0 Å². The van der Waals surface area contributed by atoms with Crippen molar-refractivity contribution in [3.63, 3.8) is 0 Å². The van der Waals surface area contributed by atoms with E-state index < -0.39 is 10.2 Å². The fraction of sp³-hybridized carbons (Fsp3) is 1.00. The topological polar surface area (TPSA) is 40.6 Å². The molecule has 4 nitrogen and oxygen atoms in total. The molecule has 96 valence electrons. The Balaban J connectivity index is 2.80. The summed E-state index contributed by atoms with van der Waals surface area (Å²) in [5.74, 6) is 1.63. The predicted octanol–water partition coefficient (Wildman–Crippen LogP) is 1.41. The van der Waals surface area contributed by atoms with Crippen molar-refractivity contribution in [1.82, 2.24) is 8.61 Å². The van der Waals surface area contributed by atoms with Crippen molar-refractivity contribution in [1.29, 1.82) is 0 Å². The summed E-state index contributed by atoms with van der Waals surface area (Å²) < 4.78 is 27.0. The van der Waals surface area contributed by atoms with Gasteiger partial charge in [-0.15, -0.1) is 0 Å². The molecule has 0 N–H and O–H groups in total.